The van der Waals surface area contributed by atoms with Crippen LogP contribution in [0.5, 0.6) is 5.75 Å². The van der Waals surface area contributed by atoms with E-state index in [1.54, 1.807) is 12.1 Å². The van der Waals surface area contributed by atoms with Gasteiger partial charge in [0.15, 0.2) is 0 Å². The molecule has 0 aromatic heterocycles. The molecule has 2 aromatic rings. The summed E-state index contributed by atoms with van der Waals surface area (Å²) in [5.74, 6) is -0.995. The molecule has 9 heteroatoms. The molecule has 1 saturated heterocycles. The lowest BCUT2D eigenvalue weighted by Gasteiger charge is -2.15. The van der Waals surface area contributed by atoms with Crippen molar-refractivity contribution in [3.8, 4) is 5.75 Å². The molecule has 0 saturated carbocycles. The van der Waals surface area contributed by atoms with Crippen LogP contribution in [0.15, 0.2) is 42.5 Å². The van der Waals surface area contributed by atoms with Crippen molar-refractivity contribution in [2.24, 2.45) is 0 Å². The topological polar surface area (TPSA) is 119 Å². The molecule has 1 aliphatic heterocycles. The van der Waals surface area contributed by atoms with E-state index >= 15 is 0 Å². The number of nitro groups is 1. The number of hydrogen-bond acceptors (Lipinski definition) is 6. The number of imide groups is 1. The summed E-state index contributed by atoms with van der Waals surface area (Å²) in [6.45, 7) is 0. The second-order valence-corrected chi connectivity index (χ2v) is 5.77. The number of ether oxygens (including phenoxy) is 1. The lowest BCUT2D eigenvalue weighted by molar-refractivity contribution is -0.384. The normalized spacial score (nSPS) is 13.6. The molecule has 27 heavy (non-hydrogen) atoms. The quantitative estimate of drug-likeness (QED) is 0.491. The van der Waals surface area contributed by atoms with E-state index in [1.807, 2.05) is 0 Å². The highest BCUT2D eigenvalue weighted by Crippen LogP contribution is 2.30. The van der Waals surface area contributed by atoms with Crippen LogP contribution in [0.4, 0.5) is 17.1 Å². The fourth-order valence-corrected chi connectivity index (χ4v) is 2.74. The molecule has 1 fully saturated rings. The predicted octanol–water partition coefficient (Wildman–Crippen LogP) is 2.51. The number of anilines is 2. The summed E-state index contributed by atoms with van der Waals surface area (Å²) in [6, 6.07) is 9.92. The van der Waals surface area contributed by atoms with Gasteiger partial charge in [0.05, 0.1) is 29.5 Å². The molecule has 3 rings (SSSR count). The number of methoxy groups -OCH3 is 1. The van der Waals surface area contributed by atoms with Crippen molar-refractivity contribution >= 4 is 34.8 Å². The molecule has 0 bridgehead atoms. The van der Waals surface area contributed by atoms with Gasteiger partial charge in [0, 0.05) is 24.5 Å². The Labute approximate surface area is 153 Å². The molecular weight excluding hydrogens is 354 g/mol. The van der Waals surface area contributed by atoms with Crippen molar-refractivity contribution in [1.82, 2.24) is 0 Å². The van der Waals surface area contributed by atoms with E-state index in [0.717, 1.165) is 4.90 Å². The maximum absolute atomic E-state index is 12.5. The van der Waals surface area contributed by atoms with Gasteiger partial charge in [-0.05, 0) is 24.3 Å². The van der Waals surface area contributed by atoms with E-state index in [2.05, 4.69) is 5.32 Å². The van der Waals surface area contributed by atoms with Crippen LogP contribution in [-0.2, 0) is 9.59 Å². The van der Waals surface area contributed by atoms with Crippen molar-refractivity contribution in [3.05, 3.63) is 58.1 Å². The van der Waals surface area contributed by atoms with E-state index in [-0.39, 0.29) is 47.3 Å². The Morgan fingerprint density at radius 1 is 1.15 bits per heavy atom. The first kappa shape index (κ1) is 18.1. The Kier molecular flexibility index (Phi) is 4.84. The van der Waals surface area contributed by atoms with E-state index in [4.69, 9.17) is 4.74 Å². The second-order valence-electron chi connectivity index (χ2n) is 5.77. The highest BCUT2D eigenvalue weighted by atomic mass is 16.6. The number of nitrogens with zero attached hydrogens (tertiary/aromatic N) is 2. The Hall–Kier alpha value is -3.75. The van der Waals surface area contributed by atoms with E-state index in [1.165, 1.54) is 37.4 Å². The SMILES string of the molecule is COc1cc([N+](=O)[O-])ccc1NC(=O)c1cccc(N2C(=O)CCC2=O)c1. The van der Waals surface area contributed by atoms with Crippen LogP contribution in [0.2, 0.25) is 0 Å². The van der Waals surface area contributed by atoms with Crippen LogP contribution in [0.1, 0.15) is 23.2 Å². The Balaban J connectivity index is 1.85. The number of amides is 3. The van der Waals surface area contributed by atoms with Gasteiger partial charge in [0.2, 0.25) is 11.8 Å². The molecule has 9 nitrogen and oxygen atoms in total. The standard InChI is InChI=1S/C18H15N3O6/c1-27-15-10-13(21(25)26)5-6-14(15)19-18(24)11-3-2-4-12(9-11)20-16(22)7-8-17(20)23/h2-6,9-10H,7-8H2,1H3,(H,19,24). The average Bonchev–Trinajstić information content (AvgIpc) is 3.00. The minimum absolute atomic E-state index is 0.138. The van der Waals surface area contributed by atoms with Crippen molar-refractivity contribution < 1.29 is 24.0 Å². The summed E-state index contributed by atoms with van der Waals surface area (Å²) in [5.41, 5.74) is 0.635. The number of nitro benzene ring substituents is 1. The molecule has 1 heterocycles. The minimum atomic E-state index is -0.568. The molecule has 2 aromatic carbocycles. The van der Waals surface area contributed by atoms with E-state index < -0.39 is 10.8 Å². The average molecular weight is 369 g/mol. The van der Waals surface area contributed by atoms with Crippen molar-refractivity contribution in [2.75, 3.05) is 17.3 Å². The van der Waals surface area contributed by atoms with Crippen LogP contribution in [0.3, 0.4) is 0 Å². The Morgan fingerprint density at radius 2 is 1.85 bits per heavy atom. The van der Waals surface area contributed by atoms with E-state index in [0.29, 0.717) is 5.69 Å². The number of carbonyl (C=O) groups is 3. The third kappa shape index (κ3) is 3.61. The molecule has 3 amide bonds. The first-order chi connectivity index (χ1) is 12.9. The smallest absolute Gasteiger partial charge is 0.273 e. The number of non-ortho nitro benzene ring substituents is 1. The van der Waals surface area contributed by atoms with Crippen molar-refractivity contribution in [2.45, 2.75) is 12.8 Å². The lowest BCUT2D eigenvalue weighted by atomic mass is 10.1. The zero-order chi connectivity index (χ0) is 19.6. The third-order valence-electron chi connectivity index (χ3n) is 4.06. The summed E-state index contributed by atoms with van der Waals surface area (Å²) >= 11 is 0. The molecule has 0 atom stereocenters. The third-order valence-corrected chi connectivity index (χ3v) is 4.06. The van der Waals surface area contributed by atoms with Crippen LogP contribution < -0.4 is 15.0 Å². The largest absolute Gasteiger partial charge is 0.494 e. The van der Waals surface area contributed by atoms with Crippen molar-refractivity contribution in [1.29, 1.82) is 0 Å². The molecule has 138 valence electrons. The van der Waals surface area contributed by atoms with Gasteiger partial charge in [0.25, 0.3) is 11.6 Å². The first-order valence-electron chi connectivity index (χ1n) is 8.00. The van der Waals surface area contributed by atoms with Gasteiger partial charge in [0.1, 0.15) is 5.75 Å². The number of rotatable bonds is 5. The monoisotopic (exact) mass is 369 g/mol. The fraction of sp³-hybridized carbons (Fsp3) is 0.167. The first-order valence-corrected chi connectivity index (χ1v) is 8.00. The molecule has 1 aliphatic rings. The maximum Gasteiger partial charge on any atom is 0.273 e. The molecule has 0 unspecified atom stereocenters. The number of hydrogen-bond donors (Lipinski definition) is 1. The van der Waals surface area contributed by atoms with Crippen LogP contribution in [-0.4, -0.2) is 29.8 Å². The van der Waals surface area contributed by atoms with Gasteiger partial charge in [-0.1, -0.05) is 6.07 Å². The lowest BCUT2D eigenvalue weighted by Crippen LogP contribution is -2.28. The van der Waals surface area contributed by atoms with E-state index in [9.17, 15) is 24.5 Å². The zero-order valence-corrected chi connectivity index (χ0v) is 14.3. The summed E-state index contributed by atoms with van der Waals surface area (Å²) in [4.78, 5) is 47.6. The number of carbonyl (C=O) groups excluding carboxylic acids is 3. The van der Waals surface area contributed by atoms with Crippen LogP contribution in [0, 0.1) is 10.1 Å². The highest BCUT2D eigenvalue weighted by molar-refractivity contribution is 6.20. The molecular formula is C18H15N3O6. The minimum Gasteiger partial charge on any atom is -0.494 e. The number of benzene rings is 2. The molecule has 0 spiro atoms. The molecule has 1 N–H and O–H groups in total. The number of nitrogens with one attached hydrogen (secondary N) is 1. The summed E-state index contributed by atoms with van der Waals surface area (Å²) < 4.78 is 5.09. The summed E-state index contributed by atoms with van der Waals surface area (Å²) in [7, 11) is 1.33. The van der Waals surface area contributed by atoms with Gasteiger partial charge in [-0.2, -0.15) is 0 Å². The maximum atomic E-state index is 12.5. The zero-order valence-electron chi connectivity index (χ0n) is 14.3. The molecule has 0 aliphatic carbocycles. The van der Waals surface area contributed by atoms with Gasteiger partial charge < -0.3 is 10.1 Å². The van der Waals surface area contributed by atoms with Gasteiger partial charge in [-0.25, -0.2) is 0 Å². The van der Waals surface area contributed by atoms with Gasteiger partial charge in [-0.15, -0.1) is 0 Å². The summed E-state index contributed by atoms with van der Waals surface area (Å²) in [6.07, 6.45) is 0.296. The van der Waals surface area contributed by atoms with Crippen LogP contribution >= 0.6 is 0 Å². The predicted molar refractivity (Wildman–Crippen MR) is 95.8 cm³/mol. The second kappa shape index (κ2) is 7.24. The Bertz CT molecular complexity index is 940. The van der Waals surface area contributed by atoms with Gasteiger partial charge >= 0.3 is 0 Å². The molecule has 0 radical (unpaired) electrons. The van der Waals surface area contributed by atoms with Crippen molar-refractivity contribution in [3.63, 3.8) is 0 Å². The Morgan fingerprint density at radius 3 is 2.48 bits per heavy atom. The van der Waals surface area contributed by atoms with Crippen LogP contribution in [0.25, 0.3) is 0 Å². The highest BCUT2D eigenvalue weighted by Gasteiger charge is 2.30. The fourth-order valence-electron chi connectivity index (χ4n) is 2.74. The van der Waals surface area contributed by atoms with Gasteiger partial charge in [-0.3, -0.25) is 29.4 Å². The summed E-state index contributed by atoms with van der Waals surface area (Å²) in [5, 5.41) is 13.5.